The van der Waals surface area contributed by atoms with Crippen LogP contribution in [-0.2, 0) is 11.2 Å². The first kappa shape index (κ1) is 10.4. The van der Waals surface area contributed by atoms with Gasteiger partial charge in [-0.05, 0) is 13.0 Å². The van der Waals surface area contributed by atoms with E-state index in [0.717, 1.165) is 12.4 Å². The van der Waals surface area contributed by atoms with Gasteiger partial charge in [0.1, 0.15) is 11.6 Å². The molecule has 0 aromatic carbocycles. The Labute approximate surface area is 82.2 Å². The number of hydrogen-bond acceptors (Lipinski definition) is 4. The maximum Gasteiger partial charge on any atom is 0.303 e. The van der Waals surface area contributed by atoms with Gasteiger partial charge in [0, 0.05) is 19.2 Å². The number of rotatable bonds is 5. The molecule has 0 amide bonds. The normalized spacial score (nSPS) is 9.79. The number of anilines is 1. The maximum absolute atomic E-state index is 10.3. The Bertz CT molecular complexity index is 315. The van der Waals surface area contributed by atoms with E-state index in [1.54, 1.807) is 12.3 Å². The second-order valence-electron chi connectivity index (χ2n) is 2.78. The summed E-state index contributed by atoms with van der Waals surface area (Å²) in [4.78, 5) is 18.4. The number of aliphatic carboxylic acids is 1. The van der Waals surface area contributed by atoms with E-state index in [1.807, 2.05) is 6.92 Å². The van der Waals surface area contributed by atoms with Crippen molar-refractivity contribution in [1.29, 1.82) is 0 Å². The van der Waals surface area contributed by atoms with E-state index in [0.29, 0.717) is 12.2 Å². The highest BCUT2D eigenvalue weighted by Crippen LogP contribution is 2.03. The number of hydrogen-bond donors (Lipinski definition) is 2. The Morgan fingerprint density at radius 3 is 3.07 bits per heavy atom. The number of carbonyl (C=O) groups is 1. The lowest BCUT2D eigenvalue weighted by Crippen LogP contribution is -2.05. The molecule has 0 aliphatic rings. The van der Waals surface area contributed by atoms with Crippen molar-refractivity contribution in [1.82, 2.24) is 9.97 Å². The Balaban J connectivity index is 2.58. The van der Waals surface area contributed by atoms with Crippen LogP contribution in [0.1, 0.15) is 19.2 Å². The summed E-state index contributed by atoms with van der Waals surface area (Å²) in [6, 6.07) is 1.76. The van der Waals surface area contributed by atoms with Crippen molar-refractivity contribution < 1.29 is 9.90 Å². The number of carboxylic acids is 1. The number of carboxylic acid groups (broad SMARTS) is 1. The van der Waals surface area contributed by atoms with Crippen molar-refractivity contribution >= 4 is 11.8 Å². The number of aromatic nitrogens is 2. The highest BCUT2D eigenvalue weighted by atomic mass is 16.4. The second kappa shape index (κ2) is 5.16. The molecule has 1 rings (SSSR count). The summed E-state index contributed by atoms with van der Waals surface area (Å²) in [5.74, 6) is 0.469. The first-order valence-electron chi connectivity index (χ1n) is 4.50. The minimum Gasteiger partial charge on any atom is -0.481 e. The summed E-state index contributed by atoms with van der Waals surface area (Å²) in [5, 5.41) is 11.5. The van der Waals surface area contributed by atoms with Gasteiger partial charge in [0.05, 0.1) is 6.42 Å². The van der Waals surface area contributed by atoms with Crippen LogP contribution in [0.4, 0.5) is 5.82 Å². The van der Waals surface area contributed by atoms with Gasteiger partial charge in [-0.15, -0.1) is 0 Å². The van der Waals surface area contributed by atoms with Gasteiger partial charge in [-0.1, -0.05) is 0 Å². The third-order valence-electron chi connectivity index (χ3n) is 1.63. The van der Waals surface area contributed by atoms with Crippen LogP contribution in [-0.4, -0.2) is 27.6 Å². The molecule has 5 heteroatoms. The predicted molar refractivity (Wildman–Crippen MR) is 52.2 cm³/mol. The van der Waals surface area contributed by atoms with Gasteiger partial charge in [0.15, 0.2) is 0 Å². The van der Waals surface area contributed by atoms with Crippen LogP contribution in [0, 0.1) is 0 Å². The Morgan fingerprint density at radius 2 is 2.43 bits per heavy atom. The molecule has 76 valence electrons. The summed E-state index contributed by atoms with van der Waals surface area (Å²) in [7, 11) is 0. The van der Waals surface area contributed by atoms with Crippen LogP contribution in [0.15, 0.2) is 12.3 Å². The fourth-order valence-corrected chi connectivity index (χ4v) is 1.02. The molecule has 1 heterocycles. The Kier molecular flexibility index (Phi) is 3.84. The molecular formula is C9H13N3O2. The van der Waals surface area contributed by atoms with Crippen LogP contribution in [0.25, 0.3) is 0 Å². The topological polar surface area (TPSA) is 75.1 Å². The zero-order valence-corrected chi connectivity index (χ0v) is 8.03. The van der Waals surface area contributed by atoms with Crippen molar-refractivity contribution in [3.8, 4) is 0 Å². The van der Waals surface area contributed by atoms with Crippen molar-refractivity contribution in [2.75, 3.05) is 11.9 Å². The zero-order valence-electron chi connectivity index (χ0n) is 8.03. The Morgan fingerprint density at radius 1 is 1.64 bits per heavy atom. The van der Waals surface area contributed by atoms with Gasteiger partial charge in [0.25, 0.3) is 0 Å². The van der Waals surface area contributed by atoms with Crippen molar-refractivity contribution in [2.24, 2.45) is 0 Å². The molecule has 0 aliphatic carbocycles. The fraction of sp³-hybridized carbons (Fsp3) is 0.444. The lowest BCUT2D eigenvalue weighted by atomic mass is 10.3. The van der Waals surface area contributed by atoms with Gasteiger partial charge in [-0.3, -0.25) is 4.79 Å². The molecule has 1 aromatic heterocycles. The van der Waals surface area contributed by atoms with Crippen LogP contribution in [0.2, 0.25) is 0 Å². The van der Waals surface area contributed by atoms with E-state index >= 15 is 0 Å². The van der Waals surface area contributed by atoms with E-state index in [1.165, 1.54) is 0 Å². The molecule has 0 bridgehead atoms. The summed E-state index contributed by atoms with van der Waals surface area (Å²) < 4.78 is 0. The van der Waals surface area contributed by atoms with E-state index in [-0.39, 0.29) is 6.42 Å². The third-order valence-corrected chi connectivity index (χ3v) is 1.63. The quantitative estimate of drug-likeness (QED) is 0.730. The summed E-state index contributed by atoms with van der Waals surface area (Å²) in [6.45, 7) is 2.76. The van der Waals surface area contributed by atoms with Gasteiger partial charge in [0.2, 0.25) is 0 Å². The molecule has 5 nitrogen and oxygen atoms in total. The van der Waals surface area contributed by atoms with Gasteiger partial charge in [-0.25, -0.2) is 9.97 Å². The molecule has 2 N–H and O–H groups in total. The largest absolute Gasteiger partial charge is 0.481 e. The maximum atomic E-state index is 10.3. The molecule has 0 spiro atoms. The fourth-order valence-electron chi connectivity index (χ4n) is 1.02. The van der Waals surface area contributed by atoms with E-state index in [4.69, 9.17) is 5.11 Å². The molecule has 0 fully saturated rings. The van der Waals surface area contributed by atoms with E-state index < -0.39 is 5.97 Å². The predicted octanol–water partition coefficient (Wildman–Crippen LogP) is 0.926. The van der Waals surface area contributed by atoms with Gasteiger partial charge in [-0.2, -0.15) is 0 Å². The van der Waals surface area contributed by atoms with Crippen molar-refractivity contribution in [2.45, 2.75) is 19.8 Å². The average Bonchev–Trinajstić information content (AvgIpc) is 2.16. The molecular weight excluding hydrogens is 182 g/mol. The zero-order chi connectivity index (χ0) is 10.4. The number of nitrogens with zero attached hydrogens (tertiary/aromatic N) is 2. The highest BCUT2D eigenvalue weighted by molar-refractivity contribution is 5.66. The molecule has 0 saturated heterocycles. The molecule has 0 aliphatic heterocycles. The SMILES string of the molecule is CCNc1ccnc(CCC(=O)O)n1. The summed E-state index contributed by atoms with van der Waals surface area (Å²) in [5.41, 5.74) is 0. The van der Waals surface area contributed by atoms with Gasteiger partial charge >= 0.3 is 5.97 Å². The molecule has 0 unspecified atom stereocenters. The minimum absolute atomic E-state index is 0.0651. The van der Waals surface area contributed by atoms with Crippen LogP contribution in [0.3, 0.4) is 0 Å². The molecule has 0 saturated carbocycles. The minimum atomic E-state index is -0.831. The van der Waals surface area contributed by atoms with Crippen molar-refractivity contribution in [3.05, 3.63) is 18.1 Å². The summed E-state index contributed by atoms with van der Waals surface area (Å²) in [6.07, 6.45) is 2.06. The lowest BCUT2D eigenvalue weighted by molar-refractivity contribution is -0.137. The third kappa shape index (κ3) is 3.38. The molecule has 1 aromatic rings. The molecule has 0 radical (unpaired) electrons. The first-order valence-corrected chi connectivity index (χ1v) is 4.50. The van der Waals surface area contributed by atoms with Crippen LogP contribution >= 0.6 is 0 Å². The lowest BCUT2D eigenvalue weighted by Gasteiger charge is -2.03. The Hall–Kier alpha value is -1.65. The average molecular weight is 195 g/mol. The van der Waals surface area contributed by atoms with Gasteiger partial charge < -0.3 is 10.4 Å². The smallest absolute Gasteiger partial charge is 0.303 e. The van der Waals surface area contributed by atoms with Crippen molar-refractivity contribution in [3.63, 3.8) is 0 Å². The number of aryl methyl sites for hydroxylation is 1. The van der Waals surface area contributed by atoms with E-state index in [2.05, 4.69) is 15.3 Å². The standard InChI is InChI=1S/C9H13N3O2/c1-2-10-8-5-6-11-7(12-8)3-4-9(13)14/h5-6H,2-4H2,1H3,(H,13,14)(H,10,11,12). The monoisotopic (exact) mass is 195 g/mol. The first-order chi connectivity index (χ1) is 6.72. The van der Waals surface area contributed by atoms with E-state index in [9.17, 15) is 4.79 Å². The van der Waals surface area contributed by atoms with Crippen LogP contribution in [0.5, 0.6) is 0 Å². The second-order valence-corrected chi connectivity index (χ2v) is 2.78. The molecule has 0 atom stereocenters. The highest BCUT2D eigenvalue weighted by Gasteiger charge is 2.02. The molecule has 14 heavy (non-hydrogen) atoms. The number of nitrogens with one attached hydrogen (secondary N) is 1. The van der Waals surface area contributed by atoms with Crippen LogP contribution < -0.4 is 5.32 Å². The summed E-state index contributed by atoms with van der Waals surface area (Å²) >= 11 is 0.